The Morgan fingerprint density at radius 2 is 1.91 bits per heavy atom. The molecule has 1 aromatic heterocycles. The minimum Gasteiger partial charge on any atom is -0.493 e. The third-order valence-electron chi connectivity index (χ3n) is 6.04. The largest absolute Gasteiger partial charge is 0.493 e. The number of carbonyl (C=O) groups excluding carboxylic acids is 2. The summed E-state index contributed by atoms with van der Waals surface area (Å²) in [6, 6.07) is 12.5. The van der Waals surface area contributed by atoms with Crippen molar-refractivity contribution >= 4 is 28.2 Å². The highest BCUT2D eigenvalue weighted by molar-refractivity contribution is 7.16. The number of likely N-dealkylation sites (N-methyl/N-ethyl adjacent to an activating group) is 1. The van der Waals surface area contributed by atoms with Gasteiger partial charge in [0.2, 0.25) is 0 Å². The van der Waals surface area contributed by atoms with Crippen LogP contribution in [0.2, 0.25) is 0 Å². The molecule has 0 aliphatic carbocycles. The number of fused-ring (bicyclic) bond motifs is 3. The topological polar surface area (TPSA) is 79.9 Å². The Labute approximate surface area is 196 Å². The van der Waals surface area contributed by atoms with E-state index in [9.17, 15) is 9.59 Å². The molecule has 1 amide bonds. The lowest BCUT2D eigenvalue weighted by molar-refractivity contribution is 0.0729. The van der Waals surface area contributed by atoms with Crippen LogP contribution in [0.25, 0.3) is 0 Å². The number of hydrogen-bond acceptors (Lipinski definition) is 7. The molecule has 5 rings (SSSR count). The highest BCUT2D eigenvalue weighted by Gasteiger charge is 2.33. The predicted octanol–water partition coefficient (Wildman–Crippen LogP) is 4.13. The Bertz CT molecular complexity index is 1240. The smallest absolute Gasteiger partial charge is 0.343 e. The number of rotatable bonds is 4. The van der Waals surface area contributed by atoms with Crippen molar-refractivity contribution in [2.24, 2.45) is 0 Å². The molecule has 0 saturated heterocycles. The Hall–Kier alpha value is -3.36. The second-order valence-corrected chi connectivity index (χ2v) is 9.52. The van der Waals surface area contributed by atoms with Crippen LogP contribution in [-0.2, 0) is 13.0 Å². The number of nitrogens with zero attached hydrogens (tertiary/aromatic N) is 1. The van der Waals surface area contributed by atoms with Gasteiger partial charge in [-0.05, 0) is 55.8 Å². The maximum Gasteiger partial charge on any atom is 0.343 e. The van der Waals surface area contributed by atoms with Crippen molar-refractivity contribution in [2.45, 2.75) is 26.1 Å². The molecule has 3 aromatic rings. The summed E-state index contributed by atoms with van der Waals surface area (Å²) in [7, 11) is 3.62. The van der Waals surface area contributed by atoms with Crippen molar-refractivity contribution in [1.29, 1.82) is 0 Å². The Balaban J connectivity index is 1.38. The zero-order valence-electron chi connectivity index (χ0n) is 18.7. The highest BCUT2D eigenvalue weighted by Crippen LogP contribution is 2.41. The van der Waals surface area contributed by atoms with Crippen LogP contribution < -0.4 is 20.1 Å². The molecule has 1 unspecified atom stereocenters. The molecule has 2 aliphatic heterocycles. The minimum atomic E-state index is -0.455. The molecule has 2 aromatic carbocycles. The maximum absolute atomic E-state index is 13.0. The monoisotopic (exact) mass is 463 g/mol. The van der Waals surface area contributed by atoms with Crippen molar-refractivity contribution in [2.75, 3.05) is 26.0 Å². The van der Waals surface area contributed by atoms with Crippen LogP contribution in [-0.4, -0.2) is 37.5 Å². The number of carbonyl (C=O) groups is 2. The summed E-state index contributed by atoms with van der Waals surface area (Å²) in [5, 5.41) is 7.42. The molecule has 0 bridgehead atoms. The fourth-order valence-corrected chi connectivity index (χ4v) is 5.56. The average molecular weight is 464 g/mol. The zero-order chi connectivity index (χ0) is 23.1. The van der Waals surface area contributed by atoms with Gasteiger partial charge in [-0.15, -0.1) is 11.3 Å². The van der Waals surface area contributed by atoms with Crippen LogP contribution >= 0.6 is 11.3 Å². The van der Waals surface area contributed by atoms with Gasteiger partial charge in [0, 0.05) is 18.0 Å². The van der Waals surface area contributed by atoms with E-state index >= 15 is 0 Å². The molecule has 7 nitrogen and oxygen atoms in total. The summed E-state index contributed by atoms with van der Waals surface area (Å²) in [5.74, 6) is 0.222. The van der Waals surface area contributed by atoms with Crippen LogP contribution in [0.1, 0.15) is 48.4 Å². The number of anilines is 1. The second-order valence-electron chi connectivity index (χ2n) is 8.41. The predicted molar refractivity (Wildman–Crippen MR) is 127 cm³/mol. The van der Waals surface area contributed by atoms with Crippen LogP contribution in [0.15, 0.2) is 42.5 Å². The number of methoxy groups -OCH3 is 1. The summed E-state index contributed by atoms with van der Waals surface area (Å²) in [5.41, 5.74) is 4.27. The van der Waals surface area contributed by atoms with Crippen molar-refractivity contribution in [3.05, 3.63) is 75.2 Å². The van der Waals surface area contributed by atoms with Crippen molar-refractivity contribution < 1.29 is 19.1 Å². The highest BCUT2D eigenvalue weighted by atomic mass is 32.1. The van der Waals surface area contributed by atoms with Crippen molar-refractivity contribution in [1.82, 2.24) is 10.2 Å². The number of esters is 1. The van der Waals surface area contributed by atoms with Crippen molar-refractivity contribution in [3.8, 4) is 11.5 Å². The minimum absolute atomic E-state index is 0.0651. The van der Waals surface area contributed by atoms with Crippen LogP contribution in [0.5, 0.6) is 11.5 Å². The zero-order valence-corrected chi connectivity index (χ0v) is 19.5. The van der Waals surface area contributed by atoms with Crippen molar-refractivity contribution in [3.63, 3.8) is 0 Å². The number of benzene rings is 2. The molecule has 170 valence electrons. The summed E-state index contributed by atoms with van der Waals surface area (Å²) in [6.45, 7) is 3.77. The molecule has 0 saturated carbocycles. The van der Waals surface area contributed by atoms with Gasteiger partial charge in [-0.3, -0.25) is 4.79 Å². The lowest BCUT2D eigenvalue weighted by Gasteiger charge is -2.27. The van der Waals surface area contributed by atoms with Gasteiger partial charge in [0.1, 0.15) is 11.2 Å². The lowest BCUT2D eigenvalue weighted by atomic mass is 10.0. The first kappa shape index (κ1) is 21.5. The molecule has 1 atom stereocenters. The third-order valence-corrected chi connectivity index (χ3v) is 7.18. The summed E-state index contributed by atoms with van der Waals surface area (Å²) < 4.78 is 11.1. The fourth-order valence-electron chi connectivity index (χ4n) is 4.21. The van der Waals surface area contributed by atoms with E-state index in [4.69, 9.17) is 9.47 Å². The van der Waals surface area contributed by atoms with Gasteiger partial charge in [-0.2, -0.15) is 0 Å². The lowest BCUT2D eigenvalue weighted by Crippen LogP contribution is -2.38. The van der Waals surface area contributed by atoms with Crippen LogP contribution in [0.3, 0.4) is 0 Å². The molecule has 0 fully saturated rings. The van der Waals surface area contributed by atoms with Gasteiger partial charge in [0.25, 0.3) is 5.91 Å². The maximum atomic E-state index is 13.0. The normalized spacial score (nSPS) is 17.4. The van der Waals surface area contributed by atoms with Gasteiger partial charge in [0.15, 0.2) is 11.5 Å². The van der Waals surface area contributed by atoms with E-state index in [0.717, 1.165) is 46.8 Å². The first-order valence-corrected chi connectivity index (χ1v) is 11.6. The molecule has 8 heteroatoms. The molecule has 2 aliphatic rings. The number of hydrogen-bond donors (Lipinski definition) is 2. The average Bonchev–Trinajstić information content (AvgIpc) is 3.17. The SMILES string of the molecule is COc1cc(C2NC(=O)c3c(sc4c3CCN(C)C4)N2)ccc1OC(=O)c1ccc(C)cc1. The van der Waals surface area contributed by atoms with E-state index in [1.807, 2.05) is 25.1 Å². The number of nitrogens with one attached hydrogen (secondary N) is 2. The summed E-state index contributed by atoms with van der Waals surface area (Å²) in [6.07, 6.45) is 0.477. The molecule has 33 heavy (non-hydrogen) atoms. The second kappa shape index (κ2) is 8.53. The number of amides is 1. The van der Waals surface area contributed by atoms with Gasteiger partial charge in [-0.25, -0.2) is 4.79 Å². The third kappa shape index (κ3) is 4.07. The van der Waals surface area contributed by atoms with E-state index in [0.29, 0.717) is 17.1 Å². The van der Waals surface area contributed by atoms with E-state index < -0.39 is 12.1 Å². The van der Waals surface area contributed by atoms with Gasteiger partial charge < -0.3 is 25.0 Å². The summed E-state index contributed by atoms with van der Waals surface area (Å²) >= 11 is 1.65. The quantitative estimate of drug-likeness (QED) is 0.448. The Morgan fingerprint density at radius 1 is 1.12 bits per heavy atom. The number of aryl methyl sites for hydroxylation is 1. The molecule has 0 spiro atoms. The standard InChI is InChI=1S/C25H25N3O4S/c1-14-4-6-15(7-5-14)25(30)32-18-9-8-16(12-19(18)31-3)22-26-23(29)21-17-10-11-28(2)13-20(17)33-24(21)27-22/h4-9,12,22,27H,10-11,13H2,1-3H3,(H,26,29). The van der Waals surface area contributed by atoms with E-state index in [1.165, 1.54) is 12.0 Å². The molecular weight excluding hydrogens is 438 g/mol. The first-order chi connectivity index (χ1) is 15.9. The molecule has 3 heterocycles. The molecule has 0 radical (unpaired) electrons. The van der Waals surface area contributed by atoms with Gasteiger partial charge >= 0.3 is 5.97 Å². The Morgan fingerprint density at radius 3 is 2.67 bits per heavy atom. The van der Waals surface area contributed by atoms with E-state index in [-0.39, 0.29) is 5.91 Å². The van der Waals surface area contributed by atoms with E-state index in [2.05, 4.69) is 22.6 Å². The summed E-state index contributed by atoms with van der Waals surface area (Å²) in [4.78, 5) is 29.0. The van der Waals surface area contributed by atoms with Gasteiger partial charge in [0.05, 0.1) is 18.2 Å². The molecule has 2 N–H and O–H groups in total. The van der Waals surface area contributed by atoms with Crippen LogP contribution in [0, 0.1) is 6.92 Å². The number of thiophene rings is 1. The van der Waals surface area contributed by atoms with Gasteiger partial charge in [-0.1, -0.05) is 23.8 Å². The van der Waals surface area contributed by atoms with E-state index in [1.54, 1.807) is 35.6 Å². The first-order valence-electron chi connectivity index (χ1n) is 10.8. The molecular formula is C25H25N3O4S. The van der Waals surface area contributed by atoms with Crippen LogP contribution in [0.4, 0.5) is 5.00 Å². The number of ether oxygens (including phenoxy) is 2. The Kier molecular flexibility index (Phi) is 5.55. The fraction of sp³-hybridized carbons (Fsp3) is 0.280.